The molecule has 1 heterocycles. The van der Waals surface area contributed by atoms with Crippen molar-refractivity contribution in [2.24, 2.45) is 0 Å². The molecule has 1 saturated carbocycles. The fraction of sp³-hybridized carbons (Fsp3) is 0.467. The molecule has 0 radical (unpaired) electrons. The molecule has 1 aromatic heterocycles. The van der Waals surface area contributed by atoms with E-state index in [0.29, 0.717) is 11.1 Å². The van der Waals surface area contributed by atoms with E-state index in [4.69, 9.17) is 10.7 Å². The highest BCUT2D eigenvalue weighted by atomic mass is 35.7. The Morgan fingerprint density at radius 2 is 1.88 bits per heavy atom. The smallest absolute Gasteiger partial charge is 0.347 e. The van der Waals surface area contributed by atoms with Crippen molar-refractivity contribution >= 4 is 25.7 Å². The van der Waals surface area contributed by atoms with Gasteiger partial charge in [0.05, 0.1) is 10.6 Å². The Morgan fingerprint density at radius 1 is 1.27 bits per heavy atom. The van der Waals surface area contributed by atoms with Crippen LogP contribution in [0.1, 0.15) is 35.7 Å². The predicted molar refractivity (Wildman–Crippen MR) is 90.4 cm³/mol. The van der Waals surface area contributed by atoms with Gasteiger partial charge in [-0.3, -0.25) is 0 Å². The fourth-order valence-corrected chi connectivity index (χ4v) is 3.89. The molecule has 11 heteroatoms. The number of alkyl halides is 3. The van der Waals surface area contributed by atoms with Crippen molar-refractivity contribution in [3.8, 4) is 5.69 Å². The number of aromatic nitrogens is 3. The third kappa shape index (κ3) is 3.52. The Kier molecular flexibility index (Phi) is 4.47. The SMILES string of the molecule is Cc1cc(C2CC2)c(S(=O)(=O)Cl)cc1-n1nc(C(F)(F)F)nc1N(C)C. The first kappa shape index (κ1) is 19.0. The van der Waals surface area contributed by atoms with Gasteiger partial charge in [0.1, 0.15) is 0 Å². The minimum Gasteiger partial charge on any atom is -0.347 e. The van der Waals surface area contributed by atoms with Crippen LogP contribution >= 0.6 is 10.7 Å². The Balaban J connectivity index is 2.26. The van der Waals surface area contributed by atoms with E-state index in [1.807, 2.05) is 0 Å². The largest absolute Gasteiger partial charge is 0.453 e. The summed E-state index contributed by atoms with van der Waals surface area (Å²) in [5.41, 5.74) is 1.35. The summed E-state index contributed by atoms with van der Waals surface area (Å²) in [5, 5.41) is 3.55. The van der Waals surface area contributed by atoms with Crippen LogP contribution in [-0.4, -0.2) is 37.3 Å². The average Bonchev–Trinajstić information content (AvgIpc) is 3.22. The van der Waals surface area contributed by atoms with Crippen molar-refractivity contribution in [1.29, 1.82) is 0 Å². The average molecular weight is 409 g/mol. The number of nitrogens with zero attached hydrogens (tertiary/aromatic N) is 4. The molecule has 0 bridgehead atoms. The molecule has 1 aromatic carbocycles. The Morgan fingerprint density at radius 3 is 2.35 bits per heavy atom. The van der Waals surface area contributed by atoms with Crippen LogP contribution in [0.15, 0.2) is 17.0 Å². The standard InChI is InChI=1S/C15H16ClF3N4O2S/c1-8-6-10(9-4-5-9)12(26(16,24)25)7-11(8)23-14(22(2)3)20-13(21-23)15(17,18)19/h6-7,9H,4-5H2,1-3H3. The minimum absolute atomic E-state index is 0.0717. The lowest BCUT2D eigenvalue weighted by molar-refractivity contribution is -0.144. The fourth-order valence-electron chi connectivity index (χ4n) is 2.73. The van der Waals surface area contributed by atoms with Gasteiger partial charge in [0.25, 0.3) is 14.9 Å². The summed E-state index contributed by atoms with van der Waals surface area (Å²) in [6.07, 6.45) is -3.02. The first-order valence-electron chi connectivity index (χ1n) is 7.70. The Bertz CT molecular complexity index is 966. The highest BCUT2D eigenvalue weighted by molar-refractivity contribution is 8.13. The maximum absolute atomic E-state index is 13.0. The van der Waals surface area contributed by atoms with Crippen molar-refractivity contribution in [1.82, 2.24) is 14.8 Å². The second kappa shape index (κ2) is 6.12. The number of aryl methyl sites for hydroxylation is 1. The zero-order valence-corrected chi connectivity index (χ0v) is 15.7. The van der Waals surface area contributed by atoms with Gasteiger partial charge in [-0.15, -0.1) is 5.10 Å². The lowest BCUT2D eigenvalue weighted by Gasteiger charge is -2.16. The monoisotopic (exact) mass is 408 g/mol. The Labute approximate surface area is 153 Å². The summed E-state index contributed by atoms with van der Waals surface area (Å²) in [6, 6.07) is 2.92. The van der Waals surface area contributed by atoms with Crippen LogP contribution in [0.5, 0.6) is 0 Å². The number of hydrogen-bond acceptors (Lipinski definition) is 5. The maximum atomic E-state index is 13.0. The van der Waals surface area contributed by atoms with Crippen molar-refractivity contribution in [2.45, 2.75) is 36.8 Å². The molecule has 0 unspecified atom stereocenters. The summed E-state index contributed by atoms with van der Waals surface area (Å²) in [7, 11) is 4.54. The van der Waals surface area contributed by atoms with Crippen LogP contribution in [-0.2, 0) is 15.2 Å². The number of halogens is 4. The lowest BCUT2D eigenvalue weighted by Crippen LogP contribution is -2.16. The quantitative estimate of drug-likeness (QED) is 0.725. The van der Waals surface area contributed by atoms with E-state index in [0.717, 1.165) is 17.5 Å². The molecule has 3 rings (SSSR count). The molecule has 1 fully saturated rings. The van der Waals surface area contributed by atoms with Crippen LogP contribution < -0.4 is 4.90 Å². The van der Waals surface area contributed by atoms with Gasteiger partial charge in [0.15, 0.2) is 0 Å². The third-order valence-corrected chi connectivity index (χ3v) is 5.46. The van der Waals surface area contributed by atoms with E-state index in [1.165, 1.54) is 25.1 Å². The highest BCUT2D eigenvalue weighted by Crippen LogP contribution is 2.45. The van der Waals surface area contributed by atoms with Crippen LogP contribution in [0.2, 0.25) is 0 Å². The highest BCUT2D eigenvalue weighted by Gasteiger charge is 2.38. The van der Waals surface area contributed by atoms with Crippen molar-refractivity contribution in [3.63, 3.8) is 0 Å². The first-order chi connectivity index (χ1) is 11.9. The molecule has 0 aliphatic heterocycles. The van der Waals surface area contributed by atoms with E-state index >= 15 is 0 Å². The Hall–Kier alpha value is -1.81. The van der Waals surface area contributed by atoms with Crippen molar-refractivity contribution in [3.05, 3.63) is 29.1 Å². The van der Waals surface area contributed by atoms with Crippen molar-refractivity contribution < 1.29 is 21.6 Å². The molecule has 0 saturated heterocycles. The van der Waals surface area contributed by atoms with Gasteiger partial charge in [0.2, 0.25) is 5.95 Å². The lowest BCUT2D eigenvalue weighted by atomic mass is 10.1. The number of hydrogen-bond donors (Lipinski definition) is 0. The summed E-state index contributed by atoms with van der Waals surface area (Å²) < 4.78 is 64.1. The van der Waals surface area contributed by atoms with E-state index in [1.54, 1.807) is 13.0 Å². The molecule has 1 aliphatic carbocycles. The van der Waals surface area contributed by atoms with Crippen molar-refractivity contribution in [2.75, 3.05) is 19.0 Å². The van der Waals surface area contributed by atoms with Gasteiger partial charge in [-0.25, -0.2) is 8.42 Å². The second-order valence-electron chi connectivity index (χ2n) is 6.43. The molecular formula is C15H16ClF3N4O2S. The predicted octanol–water partition coefficient (Wildman–Crippen LogP) is 3.47. The van der Waals surface area contributed by atoms with E-state index in [2.05, 4.69) is 10.1 Å². The normalized spacial score (nSPS) is 15.3. The summed E-state index contributed by atoms with van der Waals surface area (Å²) in [5.74, 6) is -1.28. The van der Waals surface area contributed by atoms with Gasteiger partial charge in [0, 0.05) is 24.8 Å². The minimum atomic E-state index is -4.72. The summed E-state index contributed by atoms with van der Waals surface area (Å²) in [6.45, 7) is 1.68. The first-order valence-corrected chi connectivity index (χ1v) is 10.0. The van der Waals surface area contributed by atoms with Gasteiger partial charge in [-0.2, -0.15) is 22.8 Å². The molecule has 0 amide bonds. The van der Waals surface area contributed by atoms with Gasteiger partial charge in [-0.05, 0) is 42.9 Å². The molecule has 6 nitrogen and oxygen atoms in total. The molecule has 142 valence electrons. The molecular weight excluding hydrogens is 393 g/mol. The molecule has 2 aromatic rings. The molecule has 0 atom stereocenters. The van der Waals surface area contributed by atoms with E-state index in [9.17, 15) is 21.6 Å². The van der Waals surface area contributed by atoms with Crippen LogP contribution in [0.25, 0.3) is 5.69 Å². The van der Waals surface area contributed by atoms with Gasteiger partial charge < -0.3 is 4.90 Å². The zero-order chi connectivity index (χ0) is 19.4. The van der Waals surface area contributed by atoms with Crippen LogP contribution in [0, 0.1) is 6.92 Å². The molecule has 0 N–H and O–H groups in total. The summed E-state index contributed by atoms with van der Waals surface area (Å²) >= 11 is 0. The second-order valence-corrected chi connectivity index (χ2v) is 8.96. The molecule has 1 aliphatic rings. The third-order valence-electron chi connectivity index (χ3n) is 4.08. The molecule has 0 spiro atoms. The topological polar surface area (TPSA) is 68.1 Å². The van der Waals surface area contributed by atoms with E-state index < -0.39 is 21.1 Å². The number of anilines is 1. The molecule has 26 heavy (non-hydrogen) atoms. The maximum Gasteiger partial charge on any atom is 0.453 e. The van der Waals surface area contributed by atoms with Gasteiger partial charge in [-0.1, -0.05) is 6.07 Å². The number of rotatable bonds is 4. The van der Waals surface area contributed by atoms with Crippen LogP contribution in [0.3, 0.4) is 0 Å². The van der Waals surface area contributed by atoms with Crippen LogP contribution in [0.4, 0.5) is 19.1 Å². The van der Waals surface area contributed by atoms with Gasteiger partial charge >= 0.3 is 6.18 Å². The zero-order valence-electron chi connectivity index (χ0n) is 14.2. The number of benzene rings is 1. The van der Waals surface area contributed by atoms with E-state index in [-0.39, 0.29) is 22.4 Å². The summed E-state index contributed by atoms with van der Waals surface area (Å²) in [4.78, 5) is 4.80.